The second kappa shape index (κ2) is 5.41. The minimum absolute atomic E-state index is 0.502. The normalized spacial score (nSPS) is 17.4. The van der Waals surface area contributed by atoms with E-state index in [4.69, 9.17) is 0 Å². The van der Waals surface area contributed by atoms with Gasteiger partial charge in [0.15, 0.2) is 0 Å². The Hall–Kier alpha value is -0.930. The summed E-state index contributed by atoms with van der Waals surface area (Å²) in [5, 5.41) is 7.02. The smallest absolute Gasteiger partial charge is 0.0570 e. The predicted molar refractivity (Wildman–Crippen MR) is 66.3 cm³/mol. The number of hydrogen-bond donors (Lipinski definition) is 2. The molecular weight excluding hydrogens is 198 g/mol. The van der Waals surface area contributed by atoms with E-state index < -0.39 is 0 Å². The summed E-state index contributed by atoms with van der Waals surface area (Å²) in [6.45, 7) is 6.24. The van der Waals surface area contributed by atoms with Gasteiger partial charge in [-0.3, -0.25) is 4.98 Å². The summed E-state index contributed by atoms with van der Waals surface area (Å²) >= 11 is 0. The quantitative estimate of drug-likeness (QED) is 0.763. The Bertz CT molecular complexity index is 334. The van der Waals surface area contributed by atoms with Crippen LogP contribution in [0.3, 0.4) is 0 Å². The molecule has 1 atom stereocenters. The van der Waals surface area contributed by atoms with E-state index in [0.717, 1.165) is 24.8 Å². The van der Waals surface area contributed by atoms with Crippen molar-refractivity contribution in [1.29, 1.82) is 0 Å². The number of nitrogens with zero attached hydrogens (tertiary/aromatic N) is 1. The third-order valence-electron chi connectivity index (χ3n) is 3.03. The first kappa shape index (κ1) is 11.6. The Morgan fingerprint density at radius 1 is 1.50 bits per heavy atom. The third-order valence-corrected chi connectivity index (χ3v) is 3.03. The summed E-state index contributed by atoms with van der Waals surface area (Å²) in [6.07, 6.45) is 4.56. The zero-order valence-corrected chi connectivity index (χ0v) is 10.2. The van der Waals surface area contributed by atoms with E-state index in [-0.39, 0.29) is 0 Å². The molecule has 1 unspecified atom stereocenters. The van der Waals surface area contributed by atoms with Crippen molar-refractivity contribution >= 4 is 0 Å². The van der Waals surface area contributed by atoms with Crippen molar-refractivity contribution < 1.29 is 0 Å². The highest BCUT2D eigenvalue weighted by Crippen LogP contribution is 2.18. The van der Waals surface area contributed by atoms with Gasteiger partial charge >= 0.3 is 0 Å². The third kappa shape index (κ3) is 3.58. The number of hydrogen-bond acceptors (Lipinski definition) is 3. The van der Waals surface area contributed by atoms with Gasteiger partial charge in [0.2, 0.25) is 0 Å². The molecule has 0 radical (unpaired) electrons. The molecule has 0 saturated heterocycles. The molecule has 2 rings (SSSR count). The summed E-state index contributed by atoms with van der Waals surface area (Å²) in [4.78, 5) is 4.37. The van der Waals surface area contributed by atoms with Crippen LogP contribution in [0.15, 0.2) is 18.3 Å². The van der Waals surface area contributed by atoms with Crippen LogP contribution in [0.5, 0.6) is 0 Å². The Kier molecular flexibility index (Phi) is 3.91. The highest BCUT2D eigenvalue weighted by molar-refractivity contribution is 5.17. The molecule has 3 nitrogen and oxygen atoms in total. The van der Waals surface area contributed by atoms with E-state index in [1.165, 1.54) is 18.4 Å². The zero-order chi connectivity index (χ0) is 11.4. The zero-order valence-electron chi connectivity index (χ0n) is 10.2. The van der Waals surface area contributed by atoms with Gasteiger partial charge in [-0.05, 0) is 38.3 Å². The average Bonchev–Trinajstić information content (AvgIpc) is 3.09. The van der Waals surface area contributed by atoms with Gasteiger partial charge in [0.05, 0.1) is 5.69 Å². The fourth-order valence-corrected chi connectivity index (χ4v) is 1.68. The molecule has 88 valence electrons. The van der Waals surface area contributed by atoms with Crippen molar-refractivity contribution in [3.8, 4) is 0 Å². The maximum atomic E-state index is 4.37. The molecule has 2 N–H and O–H groups in total. The maximum absolute atomic E-state index is 4.37. The molecule has 1 aromatic rings. The summed E-state index contributed by atoms with van der Waals surface area (Å²) < 4.78 is 0. The van der Waals surface area contributed by atoms with Crippen molar-refractivity contribution in [2.45, 2.75) is 45.3 Å². The highest BCUT2D eigenvalue weighted by Gasteiger charge is 2.20. The number of nitrogens with one attached hydrogen (secondary N) is 2. The lowest BCUT2D eigenvalue weighted by Crippen LogP contribution is -2.37. The summed E-state index contributed by atoms with van der Waals surface area (Å²) in [5.41, 5.74) is 2.41. The average molecular weight is 219 g/mol. The van der Waals surface area contributed by atoms with Crippen molar-refractivity contribution in [1.82, 2.24) is 15.6 Å². The van der Waals surface area contributed by atoms with Gasteiger partial charge in [-0.1, -0.05) is 6.07 Å². The Labute approximate surface area is 97.7 Å². The molecule has 0 bridgehead atoms. The molecule has 0 aromatic carbocycles. The molecule has 1 aliphatic carbocycles. The topological polar surface area (TPSA) is 37.0 Å². The van der Waals surface area contributed by atoms with Gasteiger partial charge in [0.1, 0.15) is 0 Å². The van der Waals surface area contributed by atoms with Crippen LogP contribution in [-0.4, -0.2) is 23.6 Å². The number of pyridine rings is 1. The number of rotatable bonds is 6. The van der Waals surface area contributed by atoms with Crippen molar-refractivity contribution in [3.63, 3.8) is 0 Å². The molecule has 1 heterocycles. The number of aryl methyl sites for hydroxylation is 1. The molecule has 3 heteroatoms. The van der Waals surface area contributed by atoms with Crippen LogP contribution in [-0.2, 0) is 6.54 Å². The predicted octanol–water partition coefficient (Wildman–Crippen LogP) is 1.62. The lowest BCUT2D eigenvalue weighted by Gasteiger charge is -2.14. The van der Waals surface area contributed by atoms with Crippen LogP contribution in [0.25, 0.3) is 0 Å². The molecule has 0 aliphatic heterocycles. The molecule has 1 aliphatic rings. The second-order valence-corrected chi connectivity index (χ2v) is 4.73. The summed E-state index contributed by atoms with van der Waals surface area (Å²) in [6, 6.07) is 5.39. The molecular formula is C13H21N3. The van der Waals surface area contributed by atoms with Crippen LogP contribution in [0.2, 0.25) is 0 Å². The summed E-state index contributed by atoms with van der Waals surface area (Å²) in [7, 11) is 0. The Morgan fingerprint density at radius 2 is 2.31 bits per heavy atom. The number of aromatic nitrogens is 1. The van der Waals surface area contributed by atoms with E-state index in [1.54, 1.807) is 0 Å². The molecule has 16 heavy (non-hydrogen) atoms. The standard InChI is InChI=1S/C13H21N3/c1-10-4-3-7-14-13(10)9-15-11(2)8-16-12-5-6-12/h3-4,7,11-12,15-16H,5-6,8-9H2,1-2H3. The summed E-state index contributed by atoms with van der Waals surface area (Å²) in [5.74, 6) is 0. The van der Waals surface area contributed by atoms with Crippen molar-refractivity contribution in [3.05, 3.63) is 29.6 Å². The van der Waals surface area contributed by atoms with E-state index in [2.05, 4.69) is 35.5 Å². The van der Waals surface area contributed by atoms with Gasteiger partial charge in [-0.2, -0.15) is 0 Å². The largest absolute Gasteiger partial charge is 0.312 e. The van der Waals surface area contributed by atoms with Gasteiger partial charge in [0.25, 0.3) is 0 Å². The van der Waals surface area contributed by atoms with Gasteiger partial charge < -0.3 is 10.6 Å². The first-order chi connectivity index (χ1) is 7.75. The van der Waals surface area contributed by atoms with Crippen LogP contribution >= 0.6 is 0 Å². The molecule has 1 aromatic heterocycles. The Morgan fingerprint density at radius 3 is 3.00 bits per heavy atom. The van der Waals surface area contributed by atoms with Crippen LogP contribution in [0.1, 0.15) is 31.0 Å². The van der Waals surface area contributed by atoms with Crippen molar-refractivity contribution in [2.24, 2.45) is 0 Å². The van der Waals surface area contributed by atoms with Gasteiger partial charge in [-0.15, -0.1) is 0 Å². The van der Waals surface area contributed by atoms with Crippen LogP contribution < -0.4 is 10.6 Å². The minimum Gasteiger partial charge on any atom is -0.312 e. The molecule has 1 saturated carbocycles. The van der Waals surface area contributed by atoms with E-state index in [1.807, 2.05) is 12.3 Å². The lowest BCUT2D eigenvalue weighted by molar-refractivity contribution is 0.496. The van der Waals surface area contributed by atoms with Crippen LogP contribution in [0, 0.1) is 6.92 Å². The molecule has 0 spiro atoms. The van der Waals surface area contributed by atoms with Crippen LogP contribution in [0.4, 0.5) is 0 Å². The fraction of sp³-hybridized carbons (Fsp3) is 0.615. The van der Waals surface area contributed by atoms with E-state index in [9.17, 15) is 0 Å². The maximum Gasteiger partial charge on any atom is 0.0570 e. The second-order valence-electron chi connectivity index (χ2n) is 4.73. The van der Waals surface area contributed by atoms with E-state index >= 15 is 0 Å². The monoisotopic (exact) mass is 219 g/mol. The SMILES string of the molecule is Cc1cccnc1CNC(C)CNC1CC1. The fourth-order valence-electron chi connectivity index (χ4n) is 1.68. The Balaban J connectivity index is 1.71. The first-order valence-electron chi connectivity index (χ1n) is 6.13. The highest BCUT2D eigenvalue weighted by atomic mass is 15.0. The first-order valence-corrected chi connectivity index (χ1v) is 6.13. The van der Waals surface area contributed by atoms with Gasteiger partial charge in [-0.25, -0.2) is 0 Å². The molecule has 0 amide bonds. The lowest BCUT2D eigenvalue weighted by atomic mass is 10.2. The van der Waals surface area contributed by atoms with Crippen molar-refractivity contribution in [2.75, 3.05) is 6.54 Å². The molecule has 1 fully saturated rings. The van der Waals surface area contributed by atoms with Gasteiger partial charge in [0, 0.05) is 31.4 Å². The van der Waals surface area contributed by atoms with E-state index in [0.29, 0.717) is 6.04 Å². The minimum atomic E-state index is 0.502.